The summed E-state index contributed by atoms with van der Waals surface area (Å²) in [6, 6.07) is 20.6. The van der Waals surface area contributed by atoms with Crippen molar-refractivity contribution in [2.45, 2.75) is 44.1 Å². The number of primary amides is 1. The third-order valence-electron chi connectivity index (χ3n) is 6.98. The number of rotatable bonds is 7. The Hall–Kier alpha value is -3.54. The molecular weight excluding hydrogens is 434 g/mol. The zero-order valence-electron chi connectivity index (χ0n) is 19.1. The molecule has 4 nitrogen and oxygen atoms in total. The Morgan fingerprint density at radius 3 is 2.38 bits per heavy atom. The largest absolute Gasteiger partial charge is 0.370 e. The van der Waals surface area contributed by atoms with Crippen LogP contribution in [0.4, 0.5) is 8.78 Å². The fourth-order valence-electron chi connectivity index (χ4n) is 4.95. The molecule has 176 valence electrons. The molecular formula is C28H28F2N2O2. The van der Waals surface area contributed by atoms with E-state index in [0.717, 1.165) is 23.6 Å². The van der Waals surface area contributed by atoms with Gasteiger partial charge in [0.15, 0.2) is 0 Å². The smallest absolute Gasteiger partial charge is 0.223 e. The van der Waals surface area contributed by atoms with E-state index in [2.05, 4.69) is 0 Å². The molecule has 0 radical (unpaired) electrons. The topological polar surface area (TPSA) is 63.4 Å². The van der Waals surface area contributed by atoms with Crippen LogP contribution in [0.25, 0.3) is 11.1 Å². The van der Waals surface area contributed by atoms with Gasteiger partial charge in [-0.2, -0.15) is 0 Å². The molecule has 3 aromatic rings. The Morgan fingerprint density at radius 2 is 1.76 bits per heavy atom. The molecule has 0 aromatic heterocycles. The van der Waals surface area contributed by atoms with Crippen molar-refractivity contribution in [1.29, 1.82) is 0 Å². The molecule has 34 heavy (non-hydrogen) atoms. The van der Waals surface area contributed by atoms with E-state index in [1.807, 2.05) is 54.3 Å². The molecule has 3 aromatic carbocycles. The van der Waals surface area contributed by atoms with Crippen molar-refractivity contribution in [3.8, 4) is 11.1 Å². The summed E-state index contributed by atoms with van der Waals surface area (Å²) in [5.74, 6) is -1.56. The third-order valence-corrected chi connectivity index (χ3v) is 6.98. The second kappa shape index (κ2) is 9.75. The van der Waals surface area contributed by atoms with Crippen molar-refractivity contribution in [2.75, 3.05) is 6.54 Å². The molecule has 2 N–H and O–H groups in total. The summed E-state index contributed by atoms with van der Waals surface area (Å²) >= 11 is 0. The highest BCUT2D eigenvalue weighted by molar-refractivity contribution is 5.80. The van der Waals surface area contributed by atoms with Crippen molar-refractivity contribution in [2.24, 2.45) is 5.73 Å². The van der Waals surface area contributed by atoms with Gasteiger partial charge in [-0.05, 0) is 48.6 Å². The molecule has 0 bridgehead atoms. The van der Waals surface area contributed by atoms with Gasteiger partial charge in [0.25, 0.3) is 0 Å². The van der Waals surface area contributed by atoms with E-state index >= 15 is 0 Å². The van der Waals surface area contributed by atoms with E-state index in [-0.39, 0.29) is 24.3 Å². The lowest BCUT2D eigenvalue weighted by atomic mass is 9.69. The van der Waals surface area contributed by atoms with Crippen LogP contribution >= 0.6 is 0 Å². The number of benzene rings is 3. The van der Waals surface area contributed by atoms with Gasteiger partial charge >= 0.3 is 0 Å². The van der Waals surface area contributed by atoms with Gasteiger partial charge in [0.1, 0.15) is 11.6 Å². The van der Waals surface area contributed by atoms with Gasteiger partial charge in [-0.15, -0.1) is 0 Å². The quantitative estimate of drug-likeness (QED) is 0.503. The summed E-state index contributed by atoms with van der Waals surface area (Å²) in [6.07, 6.45) is 1.82. The number of hydrogen-bond acceptors (Lipinski definition) is 2. The summed E-state index contributed by atoms with van der Waals surface area (Å²) in [6.45, 7) is 2.53. The predicted molar refractivity (Wildman–Crippen MR) is 128 cm³/mol. The second-order valence-electron chi connectivity index (χ2n) is 9.05. The van der Waals surface area contributed by atoms with E-state index in [0.29, 0.717) is 30.5 Å². The van der Waals surface area contributed by atoms with Gasteiger partial charge in [-0.3, -0.25) is 9.59 Å². The zero-order chi connectivity index (χ0) is 24.3. The van der Waals surface area contributed by atoms with Gasteiger partial charge in [-0.1, -0.05) is 54.6 Å². The Balaban J connectivity index is 1.52. The molecule has 1 aliphatic rings. The number of carbonyl (C=O) groups is 2. The van der Waals surface area contributed by atoms with Crippen molar-refractivity contribution in [3.05, 3.63) is 95.6 Å². The standard InChI is InChI=1S/C28H28F2N2O2/c1-19(20-7-9-21(10-8-20)24-12-11-23(29)17-25(24)30)32-16-15-28(18-27(32)34,14-13-26(31)33)22-5-3-2-4-6-22/h2-12,17,19H,13-16,18H2,1H3,(H2,31,33)/t19-,28+/m0/s1. The SMILES string of the molecule is C[C@@H](c1ccc(-c2ccc(F)cc2F)cc1)N1CC[C@@](CCC(N)=O)(c2ccccc2)CC1=O. The number of halogens is 2. The molecule has 1 saturated heterocycles. The lowest BCUT2D eigenvalue weighted by molar-refractivity contribution is -0.139. The van der Waals surface area contributed by atoms with Crippen LogP contribution in [-0.4, -0.2) is 23.3 Å². The summed E-state index contributed by atoms with van der Waals surface area (Å²) in [5, 5.41) is 0. The average Bonchev–Trinajstić information content (AvgIpc) is 2.83. The van der Waals surface area contributed by atoms with Crippen molar-refractivity contribution < 1.29 is 18.4 Å². The number of carbonyl (C=O) groups excluding carboxylic acids is 2. The minimum atomic E-state index is -0.613. The first-order valence-electron chi connectivity index (χ1n) is 11.5. The van der Waals surface area contributed by atoms with E-state index in [4.69, 9.17) is 5.73 Å². The van der Waals surface area contributed by atoms with Crippen LogP contribution in [0.5, 0.6) is 0 Å². The van der Waals surface area contributed by atoms with Gasteiger partial charge in [0.05, 0.1) is 6.04 Å². The maximum Gasteiger partial charge on any atom is 0.223 e. The lowest BCUT2D eigenvalue weighted by Crippen LogP contribution is -2.47. The molecule has 2 atom stereocenters. The molecule has 0 saturated carbocycles. The Labute approximate surface area is 198 Å². The molecule has 0 unspecified atom stereocenters. The first kappa shape index (κ1) is 23.6. The van der Waals surface area contributed by atoms with Gasteiger partial charge in [0.2, 0.25) is 11.8 Å². The molecule has 1 heterocycles. The van der Waals surface area contributed by atoms with Crippen LogP contribution < -0.4 is 5.73 Å². The molecule has 6 heteroatoms. The molecule has 2 amide bonds. The third kappa shape index (κ3) is 4.86. The zero-order valence-corrected chi connectivity index (χ0v) is 19.1. The van der Waals surface area contributed by atoms with E-state index in [9.17, 15) is 18.4 Å². The number of nitrogens with zero attached hydrogens (tertiary/aromatic N) is 1. The molecule has 1 aliphatic heterocycles. The van der Waals surface area contributed by atoms with Crippen molar-refractivity contribution >= 4 is 11.8 Å². The maximum absolute atomic E-state index is 14.1. The summed E-state index contributed by atoms with van der Waals surface area (Å²) in [5.41, 5.74) is 7.99. The predicted octanol–water partition coefficient (Wildman–Crippen LogP) is 5.52. The summed E-state index contributed by atoms with van der Waals surface area (Å²) in [7, 11) is 0. The average molecular weight is 463 g/mol. The minimum absolute atomic E-state index is 0.0285. The van der Waals surface area contributed by atoms with E-state index in [1.165, 1.54) is 12.1 Å². The number of piperidine rings is 1. The van der Waals surface area contributed by atoms with Crippen LogP contribution in [0.3, 0.4) is 0 Å². The normalized spacial score (nSPS) is 19.1. The van der Waals surface area contributed by atoms with Crippen molar-refractivity contribution in [3.63, 3.8) is 0 Å². The highest BCUT2D eigenvalue weighted by Gasteiger charge is 2.41. The first-order valence-corrected chi connectivity index (χ1v) is 11.5. The Kier molecular flexibility index (Phi) is 6.77. The molecule has 0 aliphatic carbocycles. The van der Waals surface area contributed by atoms with Crippen molar-refractivity contribution in [1.82, 2.24) is 4.90 Å². The summed E-state index contributed by atoms with van der Waals surface area (Å²) < 4.78 is 27.4. The number of amides is 2. The molecule has 1 fully saturated rings. The fourth-order valence-corrected chi connectivity index (χ4v) is 4.95. The number of nitrogens with two attached hydrogens (primary N) is 1. The lowest BCUT2D eigenvalue weighted by Gasteiger charge is -2.44. The van der Waals surface area contributed by atoms with Crippen LogP contribution in [0.15, 0.2) is 72.8 Å². The maximum atomic E-state index is 14.1. The van der Waals surface area contributed by atoms with Gasteiger partial charge in [0, 0.05) is 36.4 Å². The van der Waals surface area contributed by atoms with Gasteiger partial charge < -0.3 is 10.6 Å². The monoisotopic (exact) mass is 462 g/mol. The minimum Gasteiger partial charge on any atom is -0.370 e. The van der Waals surface area contributed by atoms with Crippen LogP contribution in [0, 0.1) is 11.6 Å². The van der Waals surface area contributed by atoms with E-state index in [1.54, 1.807) is 12.1 Å². The fraction of sp³-hybridized carbons (Fsp3) is 0.286. The molecule has 0 spiro atoms. The van der Waals surface area contributed by atoms with Crippen LogP contribution in [0.2, 0.25) is 0 Å². The van der Waals surface area contributed by atoms with Gasteiger partial charge in [-0.25, -0.2) is 8.78 Å². The second-order valence-corrected chi connectivity index (χ2v) is 9.05. The molecule has 4 rings (SSSR count). The first-order chi connectivity index (χ1) is 16.3. The van der Waals surface area contributed by atoms with Crippen LogP contribution in [-0.2, 0) is 15.0 Å². The van der Waals surface area contributed by atoms with E-state index < -0.39 is 17.0 Å². The Bertz CT molecular complexity index is 1180. The number of likely N-dealkylation sites (tertiary alicyclic amines) is 1. The number of hydrogen-bond donors (Lipinski definition) is 1. The summed E-state index contributed by atoms with van der Waals surface area (Å²) in [4.78, 5) is 26.7. The highest BCUT2D eigenvalue weighted by Crippen LogP contribution is 2.42. The Morgan fingerprint density at radius 1 is 1.06 bits per heavy atom. The highest BCUT2D eigenvalue weighted by atomic mass is 19.1. The van der Waals surface area contributed by atoms with Crippen LogP contribution in [0.1, 0.15) is 49.8 Å².